The number of rotatable bonds is 5. The molecule has 0 amide bonds. The molecule has 0 bridgehead atoms. The molecule has 4 heteroatoms. The molecule has 1 aliphatic rings. The molecule has 0 spiro atoms. The summed E-state index contributed by atoms with van der Waals surface area (Å²) in [7, 11) is 1.70. The quantitative estimate of drug-likeness (QED) is 0.796. The Morgan fingerprint density at radius 2 is 2.26 bits per heavy atom. The van der Waals surface area contributed by atoms with E-state index in [1.807, 2.05) is 19.2 Å². The SMILES string of the molecule is COC(C)CN1Cc2cc(-c3cccnc3)cc(C)c2C1C=O. The number of aromatic nitrogens is 1. The van der Waals surface area contributed by atoms with E-state index in [9.17, 15) is 4.79 Å². The minimum absolute atomic E-state index is 0.102. The van der Waals surface area contributed by atoms with E-state index in [4.69, 9.17) is 4.74 Å². The van der Waals surface area contributed by atoms with Gasteiger partial charge in [-0.1, -0.05) is 12.1 Å². The standard InChI is InChI=1S/C19H22N2O2/c1-13-7-16(15-5-4-6-20-9-15)8-17-11-21(10-14(2)23-3)18(12-22)19(13)17/h4-9,12,14,18H,10-11H2,1-3H3. The number of aldehydes is 1. The largest absolute Gasteiger partial charge is 0.380 e. The molecule has 0 aliphatic carbocycles. The molecule has 1 aromatic carbocycles. The summed E-state index contributed by atoms with van der Waals surface area (Å²) in [6, 6.07) is 8.16. The molecule has 2 unspecified atom stereocenters. The molecule has 0 saturated carbocycles. The van der Waals surface area contributed by atoms with Crippen LogP contribution in [0.4, 0.5) is 0 Å². The molecule has 0 N–H and O–H groups in total. The van der Waals surface area contributed by atoms with E-state index in [0.29, 0.717) is 0 Å². The summed E-state index contributed by atoms with van der Waals surface area (Å²) < 4.78 is 5.36. The predicted octanol–water partition coefficient (Wildman–Crippen LogP) is 3.15. The number of aryl methyl sites for hydroxylation is 1. The third kappa shape index (κ3) is 3.05. The van der Waals surface area contributed by atoms with Crippen LogP contribution in [0.25, 0.3) is 11.1 Å². The van der Waals surface area contributed by atoms with Gasteiger partial charge in [-0.05, 0) is 48.2 Å². The van der Waals surface area contributed by atoms with E-state index >= 15 is 0 Å². The summed E-state index contributed by atoms with van der Waals surface area (Å²) in [5.74, 6) is 0. The van der Waals surface area contributed by atoms with Crippen molar-refractivity contribution in [3.63, 3.8) is 0 Å². The second kappa shape index (κ2) is 6.60. The molecule has 23 heavy (non-hydrogen) atoms. The zero-order chi connectivity index (χ0) is 16.4. The van der Waals surface area contributed by atoms with Crippen molar-refractivity contribution in [1.29, 1.82) is 0 Å². The fraction of sp³-hybridized carbons (Fsp3) is 0.368. The second-order valence-electron chi connectivity index (χ2n) is 6.16. The molecule has 4 nitrogen and oxygen atoms in total. The molecular weight excluding hydrogens is 288 g/mol. The van der Waals surface area contributed by atoms with Gasteiger partial charge in [0.1, 0.15) is 6.29 Å². The molecule has 0 radical (unpaired) electrons. The fourth-order valence-corrected chi connectivity index (χ4v) is 3.36. The minimum Gasteiger partial charge on any atom is -0.380 e. The highest BCUT2D eigenvalue weighted by Crippen LogP contribution is 2.37. The molecule has 1 aliphatic heterocycles. The minimum atomic E-state index is -0.175. The number of carbonyl (C=O) groups is 1. The van der Waals surface area contributed by atoms with E-state index in [1.54, 1.807) is 13.3 Å². The van der Waals surface area contributed by atoms with Crippen LogP contribution in [0.15, 0.2) is 36.7 Å². The van der Waals surface area contributed by atoms with Crippen LogP contribution >= 0.6 is 0 Å². The number of fused-ring (bicyclic) bond motifs is 1. The van der Waals surface area contributed by atoms with Gasteiger partial charge < -0.3 is 9.53 Å². The van der Waals surface area contributed by atoms with Crippen molar-refractivity contribution in [2.75, 3.05) is 13.7 Å². The Balaban J connectivity index is 1.97. The lowest BCUT2D eigenvalue weighted by molar-refractivity contribution is -0.112. The summed E-state index contributed by atoms with van der Waals surface area (Å²) in [5.41, 5.74) is 5.79. The van der Waals surface area contributed by atoms with Crippen LogP contribution in [0, 0.1) is 6.92 Å². The fourth-order valence-electron chi connectivity index (χ4n) is 3.36. The predicted molar refractivity (Wildman–Crippen MR) is 90.1 cm³/mol. The highest BCUT2D eigenvalue weighted by Gasteiger charge is 2.32. The summed E-state index contributed by atoms with van der Waals surface area (Å²) in [6.45, 7) is 5.63. The first-order valence-electron chi connectivity index (χ1n) is 7.90. The van der Waals surface area contributed by atoms with Gasteiger partial charge in [0.05, 0.1) is 12.1 Å². The van der Waals surface area contributed by atoms with Gasteiger partial charge in [0.25, 0.3) is 0 Å². The zero-order valence-electron chi connectivity index (χ0n) is 13.8. The first kappa shape index (κ1) is 15.8. The number of methoxy groups -OCH3 is 1. The Morgan fingerprint density at radius 3 is 2.91 bits per heavy atom. The Hall–Kier alpha value is -2.04. The molecule has 3 rings (SSSR count). The molecule has 0 saturated heterocycles. The molecule has 0 fully saturated rings. The van der Waals surface area contributed by atoms with Gasteiger partial charge in [-0.2, -0.15) is 0 Å². The van der Waals surface area contributed by atoms with E-state index in [2.05, 4.69) is 35.0 Å². The smallest absolute Gasteiger partial charge is 0.141 e. The molecule has 2 heterocycles. The average molecular weight is 310 g/mol. The van der Waals surface area contributed by atoms with Crippen LogP contribution in [0.3, 0.4) is 0 Å². The number of benzene rings is 1. The highest BCUT2D eigenvalue weighted by molar-refractivity contribution is 5.71. The number of nitrogens with zero attached hydrogens (tertiary/aromatic N) is 2. The number of hydrogen-bond acceptors (Lipinski definition) is 4. The van der Waals surface area contributed by atoms with Gasteiger partial charge in [0, 0.05) is 38.2 Å². The second-order valence-corrected chi connectivity index (χ2v) is 6.16. The maximum absolute atomic E-state index is 11.7. The van der Waals surface area contributed by atoms with Crippen molar-refractivity contribution in [2.24, 2.45) is 0 Å². The van der Waals surface area contributed by atoms with Crippen LogP contribution in [-0.4, -0.2) is 35.9 Å². The van der Waals surface area contributed by atoms with Crippen LogP contribution in [0.5, 0.6) is 0 Å². The maximum Gasteiger partial charge on any atom is 0.141 e. The Morgan fingerprint density at radius 1 is 1.43 bits per heavy atom. The maximum atomic E-state index is 11.7. The number of pyridine rings is 1. The lowest BCUT2D eigenvalue weighted by atomic mass is 9.94. The van der Waals surface area contributed by atoms with Crippen molar-refractivity contribution in [2.45, 2.75) is 32.5 Å². The van der Waals surface area contributed by atoms with Gasteiger partial charge in [-0.25, -0.2) is 0 Å². The van der Waals surface area contributed by atoms with Crippen molar-refractivity contribution < 1.29 is 9.53 Å². The number of carbonyl (C=O) groups excluding carboxylic acids is 1. The van der Waals surface area contributed by atoms with Crippen molar-refractivity contribution in [1.82, 2.24) is 9.88 Å². The number of hydrogen-bond donors (Lipinski definition) is 0. The van der Waals surface area contributed by atoms with Crippen LogP contribution in [0.2, 0.25) is 0 Å². The molecule has 120 valence electrons. The summed E-state index contributed by atoms with van der Waals surface area (Å²) in [6.07, 6.45) is 4.80. The Kier molecular flexibility index (Phi) is 4.55. The van der Waals surface area contributed by atoms with E-state index in [-0.39, 0.29) is 12.1 Å². The van der Waals surface area contributed by atoms with Crippen LogP contribution < -0.4 is 0 Å². The summed E-state index contributed by atoms with van der Waals surface area (Å²) >= 11 is 0. The lowest BCUT2D eigenvalue weighted by Crippen LogP contribution is -2.31. The van der Waals surface area contributed by atoms with Crippen molar-refractivity contribution >= 4 is 6.29 Å². The molecule has 1 aromatic heterocycles. The van der Waals surface area contributed by atoms with Gasteiger partial charge >= 0.3 is 0 Å². The van der Waals surface area contributed by atoms with E-state index in [1.165, 1.54) is 5.56 Å². The Labute approximate surface area is 137 Å². The van der Waals surface area contributed by atoms with Crippen LogP contribution in [0.1, 0.15) is 29.7 Å². The molecule has 2 aromatic rings. The average Bonchev–Trinajstić information content (AvgIpc) is 2.93. The Bertz CT molecular complexity index is 700. The summed E-state index contributed by atoms with van der Waals surface area (Å²) in [5, 5.41) is 0. The first-order chi connectivity index (χ1) is 11.1. The van der Waals surface area contributed by atoms with Gasteiger partial charge in [-0.15, -0.1) is 0 Å². The summed E-state index contributed by atoms with van der Waals surface area (Å²) in [4.78, 5) is 18.0. The lowest BCUT2D eigenvalue weighted by Gasteiger charge is -2.23. The first-order valence-corrected chi connectivity index (χ1v) is 7.90. The monoisotopic (exact) mass is 310 g/mol. The third-order valence-electron chi connectivity index (χ3n) is 4.55. The molecular formula is C19H22N2O2. The topological polar surface area (TPSA) is 42.4 Å². The van der Waals surface area contributed by atoms with Crippen LogP contribution in [-0.2, 0) is 16.1 Å². The third-order valence-corrected chi connectivity index (χ3v) is 4.55. The van der Waals surface area contributed by atoms with Crippen molar-refractivity contribution in [3.8, 4) is 11.1 Å². The van der Waals surface area contributed by atoms with Gasteiger partial charge in [-0.3, -0.25) is 9.88 Å². The van der Waals surface area contributed by atoms with Gasteiger partial charge in [0.15, 0.2) is 0 Å². The normalized spacial score (nSPS) is 18.7. The van der Waals surface area contributed by atoms with Crippen molar-refractivity contribution in [3.05, 3.63) is 53.3 Å². The molecule has 2 atom stereocenters. The van der Waals surface area contributed by atoms with E-state index < -0.39 is 0 Å². The van der Waals surface area contributed by atoms with E-state index in [0.717, 1.165) is 41.6 Å². The highest BCUT2D eigenvalue weighted by atomic mass is 16.5. The zero-order valence-corrected chi connectivity index (χ0v) is 13.8. The van der Waals surface area contributed by atoms with Gasteiger partial charge in [0.2, 0.25) is 0 Å². The number of ether oxygens (including phenoxy) is 1.